The third-order valence-electron chi connectivity index (χ3n) is 4.36. The molecule has 1 N–H and O–H groups in total. The Morgan fingerprint density at radius 2 is 1.69 bits per heavy atom. The molecule has 0 spiro atoms. The summed E-state index contributed by atoms with van der Waals surface area (Å²) in [4.78, 5) is 12.3. The summed E-state index contributed by atoms with van der Waals surface area (Å²) < 4.78 is 44.7. The van der Waals surface area contributed by atoms with E-state index in [-0.39, 0.29) is 5.69 Å². The number of nitrogens with one attached hydrogen (secondary N) is 1. The van der Waals surface area contributed by atoms with E-state index in [0.29, 0.717) is 22.2 Å². The van der Waals surface area contributed by atoms with Gasteiger partial charge in [-0.15, -0.1) is 0 Å². The lowest BCUT2D eigenvalue weighted by atomic mass is 10.2. The van der Waals surface area contributed by atoms with E-state index in [4.69, 9.17) is 4.74 Å². The lowest BCUT2D eigenvalue weighted by Gasteiger charge is -2.21. The highest BCUT2D eigenvalue weighted by atomic mass is 32.2. The molecule has 0 heterocycles. The molecule has 0 aliphatic heterocycles. The molecule has 0 saturated carbocycles. The van der Waals surface area contributed by atoms with Gasteiger partial charge in [-0.25, -0.2) is 18.2 Å². The summed E-state index contributed by atoms with van der Waals surface area (Å²) in [5.41, 5.74) is 3.68. The highest BCUT2D eigenvalue weighted by molar-refractivity contribution is 7.92. The summed E-state index contributed by atoms with van der Waals surface area (Å²) in [5.74, 6) is -0.908. The molecule has 0 bridgehead atoms. The second kappa shape index (κ2) is 10.5. The Hall–Kier alpha value is -3.72. The van der Waals surface area contributed by atoms with Crippen LogP contribution in [0.3, 0.4) is 0 Å². The smallest absolute Gasteiger partial charge is 0.260 e. The van der Waals surface area contributed by atoms with Crippen molar-refractivity contribution in [2.24, 2.45) is 5.10 Å². The molecule has 166 valence electrons. The lowest BCUT2D eigenvalue weighted by Crippen LogP contribution is -2.39. The van der Waals surface area contributed by atoms with E-state index < -0.39 is 28.3 Å². The molecule has 0 radical (unpaired) electrons. The fourth-order valence-corrected chi connectivity index (χ4v) is 3.69. The number of carbonyl (C=O) groups excluding carboxylic acids is 1. The Morgan fingerprint density at radius 3 is 2.41 bits per heavy atom. The normalized spacial score (nSPS) is 11.3. The number of nitrogens with zero attached hydrogens (tertiary/aromatic N) is 2. The quantitative estimate of drug-likeness (QED) is 0.396. The number of carbonyl (C=O) groups is 1. The molecule has 3 rings (SSSR count). The first kappa shape index (κ1) is 23.0. The molecule has 3 aromatic carbocycles. The predicted molar refractivity (Wildman–Crippen MR) is 122 cm³/mol. The standard InChI is InChI=1S/C23H22FN3O4S/c1-32(29,30)27(21-13-7-6-12-20(21)24)16-23(28)26-25-15-19-11-5-8-14-22(19)31-17-18-9-3-2-4-10-18/h2-15H,16-17H2,1H3,(H,26,28)/b25-15-. The van der Waals surface area contributed by atoms with Crippen LogP contribution in [0.4, 0.5) is 10.1 Å². The third-order valence-corrected chi connectivity index (χ3v) is 5.48. The Bertz CT molecular complexity index is 1200. The van der Waals surface area contributed by atoms with Crippen LogP contribution >= 0.6 is 0 Å². The first-order valence-electron chi connectivity index (χ1n) is 9.64. The topological polar surface area (TPSA) is 88.1 Å². The molecule has 7 nitrogen and oxygen atoms in total. The predicted octanol–water partition coefficient (Wildman–Crippen LogP) is 3.32. The first-order chi connectivity index (χ1) is 15.3. The zero-order chi connectivity index (χ0) is 23.0. The zero-order valence-electron chi connectivity index (χ0n) is 17.3. The van der Waals surface area contributed by atoms with Gasteiger partial charge in [0.1, 0.15) is 24.7 Å². The first-order valence-corrected chi connectivity index (χ1v) is 11.5. The molecule has 0 saturated heterocycles. The van der Waals surface area contributed by atoms with Crippen LogP contribution in [0.15, 0.2) is 84.0 Å². The lowest BCUT2D eigenvalue weighted by molar-refractivity contribution is -0.119. The fraction of sp³-hybridized carbons (Fsp3) is 0.130. The number of ether oxygens (including phenoxy) is 1. The van der Waals surface area contributed by atoms with E-state index in [9.17, 15) is 17.6 Å². The van der Waals surface area contributed by atoms with Gasteiger partial charge in [-0.3, -0.25) is 9.10 Å². The highest BCUT2D eigenvalue weighted by Gasteiger charge is 2.23. The van der Waals surface area contributed by atoms with Crippen LogP contribution in [-0.4, -0.2) is 33.3 Å². The van der Waals surface area contributed by atoms with Crippen LogP contribution < -0.4 is 14.5 Å². The summed E-state index contributed by atoms with van der Waals surface area (Å²) in [5, 5.41) is 3.89. The minimum Gasteiger partial charge on any atom is -0.488 e. The number of hydrogen-bond donors (Lipinski definition) is 1. The minimum absolute atomic E-state index is 0.214. The van der Waals surface area contributed by atoms with E-state index in [1.165, 1.54) is 24.4 Å². The maximum Gasteiger partial charge on any atom is 0.260 e. The van der Waals surface area contributed by atoms with Gasteiger partial charge < -0.3 is 4.74 Å². The third kappa shape index (κ3) is 6.39. The second-order valence-corrected chi connectivity index (χ2v) is 8.73. The summed E-state index contributed by atoms with van der Waals surface area (Å²) in [6.07, 6.45) is 2.29. The van der Waals surface area contributed by atoms with Crippen LogP contribution in [0.1, 0.15) is 11.1 Å². The fourth-order valence-electron chi connectivity index (χ4n) is 2.83. The van der Waals surface area contributed by atoms with Gasteiger partial charge in [0.15, 0.2) is 0 Å². The molecule has 0 unspecified atom stereocenters. The van der Waals surface area contributed by atoms with Crippen molar-refractivity contribution in [2.45, 2.75) is 6.61 Å². The number of para-hydroxylation sites is 2. The van der Waals surface area contributed by atoms with E-state index in [1.54, 1.807) is 18.2 Å². The highest BCUT2D eigenvalue weighted by Crippen LogP contribution is 2.21. The second-order valence-electron chi connectivity index (χ2n) is 6.83. The molecule has 0 aliphatic rings. The largest absolute Gasteiger partial charge is 0.488 e. The Kier molecular flexibility index (Phi) is 7.56. The van der Waals surface area contributed by atoms with Crippen LogP contribution in [0.5, 0.6) is 5.75 Å². The number of benzene rings is 3. The number of hydrazone groups is 1. The average Bonchev–Trinajstić information content (AvgIpc) is 2.77. The van der Waals surface area contributed by atoms with Crippen LogP contribution in [0, 0.1) is 5.82 Å². The van der Waals surface area contributed by atoms with Gasteiger partial charge in [0.2, 0.25) is 10.0 Å². The van der Waals surface area contributed by atoms with Crippen molar-refractivity contribution in [3.05, 3.63) is 95.8 Å². The molecule has 9 heteroatoms. The summed E-state index contributed by atoms with van der Waals surface area (Å²) in [7, 11) is -3.89. The molecular weight excluding hydrogens is 433 g/mol. The summed E-state index contributed by atoms with van der Waals surface area (Å²) >= 11 is 0. The minimum atomic E-state index is -3.89. The number of rotatable bonds is 9. The van der Waals surface area contributed by atoms with Crippen LogP contribution in [-0.2, 0) is 21.4 Å². The number of halogens is 1. The Balaban J connectivity index is 1.65. The summed E-state index contributed by atoms with van der Waals surface area (Å²) in [6.45, 7) is -0.257. The number of anilines is 1. The molecular formula is C23H22FN3O4S. The average molecular weight is 456 g/mol. The van der Waals surface area contributed by atoms with Gasteiger partial charge in [0.05, 0.1) is 18.2 Å². The molecule has 0 aromatic heterocycles. The van der Waals surface area contributed by atoms with Gasteiger partial charge >= 0.3 is 0 Å². The molecule has 0 fully saturated rings. The van der Waals surface area contributed by atoms with Crippen molar-refractivity contribution < 1.29 is 22.3 Å². The number of amides is 1. The van der Waals surface area contributed by atoms with E-state index in [2.05, 4.69) is 10.5 Å². The molecule has 1 amide bonds. The van der Waals surface area contributed by atoms with Gasteiger partial charge in [-0.2, -0.15) is 5.10 Å². The maximum atomic E-state index is 14.1. The van der Waals surface area contributed by atoms with Crippen molar-refractivity contribution in [2.75, 3.05) is 17.1 Å². The van der Waals surface area contributed by atoms with Crippen LogP contribution in [0.2, 0.25) is 0 Å². The molecule has 0 atom stereocenters. The van der Waals surface area contributed by atoms with E-state index in [1.807, 2.05) is 36.4 Å². The molecule has 3 aromatic rings. The van der Waals surface area contributed by atoms with Gasteiger partial charge in [0.25, 0.3) is 5.91 Å². The SMILES string of the molecule is CS(=O)(=O)N(CC(=O)N/N=C\c1ccccc1OCc1ccccc1)c1ccccc1F. The monoisotopic (exact) mass is 455 g/mol. The zero-order valence-corrected chi connectivity index (χ0v) is 18.1. The van der Waals surface area contributed by atoms with E-state index >= 15 is 0 Å². The van der Waals surface area contributed by atoms with Gasteiger partial charge in [-0.05, 0) is 29.8 Å². The van der Waals surface area contributed by atoms with Gasteiger partial charge in [0, 0.05) is 5.56 Å². The van der Waals surface area contributed by atoms with Gasteiger partial charge in [-0.1, -0.05) is 54.6 Å². The Labute approximate surface area is 186 Å². The van der Waals surface area contributed by atoms with Crippen molar-refractivity contribution >= 4 is 27.8 Å². The summed E-state index contributed by atoms with van der Waals surface area (Å²) in [6, 6.07) is 22.1. The number of hydrogen-bond acceptors (Lipinski definition) is 5. The van der Waals surface area contributed by atoms with Crippen molar-refractivity contribution in [3.8, 4) is 5.75 Å². The van der Waals surface area contributed by atoms with Crippen molar-refractivity contribution in [3.63, 3.8) is 0 Å². The number of sulfonamides is 1. The molecule has 32 heavy (non-hydrogen) atoms. The Morgan fingerprint density at radius 1 is 1.03 bits per heavy atom. The van der Waals surface area contributed by atoms with Crippen molar-refractivity contribution in [1.82, 2.24) is 5.43 Å². The molecule has 0 aliphatic carbocycles. The van der Waals surface area contributed by atoms with E-state index in [0.717, 1.165) is 17.9 Å². The van der Waals surface area contributed by atoms with Crippen LogP contribution in [0.25, 0.3) is 0 Å². The maximum absolute atomic E-state index is 14.1. The van der Waals surface area contributed by atoms with Crippen molar-refractivity contribution in [1.29, 1.82) is 0 Å².